The zero-order valence-electron chi connectivity index (χ0n) is 22.4. The van der Waals surface area contributed by atoms with Crippen molar-refractivity contribution in [1.29, 1.82) is 0 Å². The second kappa shape index (κ2) is 11.0. The second-order valence-corrected chi connectivity index (χ2v) is 10.6. The highest BCUT2D eigenvalue weighted by Crippen LogP contribution is 2.41. The van der Waals surface area contributed by atoms with E-state index in [1.807, 2.05) is 36.4 Å². The summed E-state index contributed by atoms with van der Waals surface area (Å²) in [7, 11) is 0. The van der Waals surface area contributed by atoms with Crippen molar-refractivity contribution < 1.29 is 14.6 Å². The largest absolute Gasteiger partial charge is 0.508 e. The van der Waals surface area contributed by atoms with Gasteiger partial charge in [-0.2, -0.15) is 0 Å². The van der Waals surface area contributed by atoms with E-state index in [-0.39, 0.29) is 28.1 Å². The van der Waals surface area contributed by atoms with E-state index in [0.29, 0.717) is 29.2 Å². The normalized spacial score (nSPS) is 11.7. The van der Waals surface area contributed by atoms with E-state index in [2.05, 4.69) is 65.6 Å². The van der Waals surface area contributed by atoms with Crippen LogP contribution in [0, 0.1) is 0 Å². The van der Waals surface area contributed by atoms with Crippen molar-refractivity contribution in [2.75, 3.05) is 5.32 Å². The summed E-state index contributed by atoms with van der Waals surface area (Å²) in [6.45, 7) is 17.1. The molecule has 2 N–H and O–H groups in total. The third-order valence-corrected chi connectivity index (χ3v) is 7.30. The quantitative estimate of drug-likeness (QED) is 0.283. The molecule has 0 aliphatic carbocycles. The molecule has 0 radical (unpaired) electrons. The van der Waals surface area contributed by atoms with E-state index in [0.717, 1.165) is 18.4 Å². The molecule has 4 heteroatoms. The van der Waals surface area contributed by atoms with Crippen LogP contribution in [0.15, 0.2) is 73.3 Å². The first kappa shape index (κ1) is 27.1. The number of para-hydroxylation sites is 1. The molecule has 4 nitrogen and oxygen atoms in total. The molecular formula is C32H39NO3. The van der Waals surface area contributed by atoms with Gasteiger partial charge in [-0.05, 0) is 66.0 Å². The summed E-state index contributed by atoms with van der Waals surface area (Å²) in [5.74, 6) is 0.793. The Balaban J connectivity index is 2.13. The molecule has 0 aliphatic rings. The summed E-state index contributed by atoms with van der Waals surface area (Å²) < 4.78 is 6.52. The number of anilines is 1. The smallest absolute Gasteiger partial charge is 0.259 e. The molecule has 1 amide bonds. The number of benzene rings is 3. The standard InChI is InChI=1S/C32H39NO3/c1-8-14-22-19-29(25(21-27(22)34)30(35)33-24-15-12-11-13-16-24)36-28-18-17-23(31(4,5)9-2)20-26(28)32(6,7)10-3/h8,11-13,15-21,34H,1,9-10,14H2,2-7H3,(H,33,35). The van der Waals surface area contributed by atoms with Crippen LogP contribution in [0.5, 0.6) is 17.2 Å². The maximum Gasteiger partial charge on any atom is 0.259 e. The molecule has 0 aromatic heterocycles. The van der Waals surface area contributed by atoms with Gasteiger partial charge in [-0.1, -0.05) is 78.0 Å². The van der Waals surface area contributed by atoms with Gasteiger partial charge in [-0.15, -0.1) is 6.58 Å². The van der Waals surface area contributed by atoms with Crippen molar-refractivity contribution >= 4 is 11.6 Å². The number of aromatic hydroxyl groups is 1. The molecule has 0 saturated heterocycles. The van der Waals surface area contributed by atoms with Crippen LogP contribution in [-0.2, 0) is 17.3 Å². The predicted molar refractivity (Wildman–Crippen MR) is 150 cm³/mol. The molecule has 0 spiro atoms. The van der Waals surface area contributed by atoms with Crippen LogP contribution in [0.1, 0.15) is 81.4 Å². The lowest BCUT2D eigenvalue weighted by Crippen LogP contribution is -2.21. The summed E-state index contributed by atoms with van der Waals surface area (Å²) >= 11 is 0. The number of carbonyl (C=O) groups is 1. The minimum absolute atomic E-state index is 0.0352. The molecule has 190 valence electrons. The predicted octanol–water partition coefficient (Wildman–Crippen LogP) is 8.54. The van der Waals surface area contributed by atoms with Gasteiger partial charge in [0.15, 0.2) is 0 Å². The maximum absolute atomic E-state index is 13.3. The highest BCUT2D eigenvalue weighted by molar-refractivity contribution is 6.06. The molecule has 0 heterocycles. The molecule has 3 aromatic carbocycles. The zero-order valence-corrected chi connectivity index (χ0v) is 22.4. The van der Waals surface area contributed by atoms with Crippen LogP contribution in [-0.4, -0.2) is 11.0 Å². The Morgan fingerprint density at radius 2 is 1.61 bits per heavy atom. The lowest BCUT2D eigenvalue weighted by Gasteiger charge is -2.30. The molecule has 0 saturated carbocycles. The Labute approximate surface area is 216 Å². The Hall–Kier alpha value is -3.53. The molecule has 0 aliphatic heterocycles. The number of phenolic OH excluding ortho intramolecular Hbond substituents is 1. The highest BCUT2D eigenvalue weighted by atomic mass is 16.5. The summed E-state index contributed by atoms with van der Waals surface area (Å²) in [5, 5.41) is 13.5. The number of hydrogen-bond acceptors (Lipinski definition) is 3. The highest BCUT2D eigenvalue weighted by Gasteiger charge is 2.28. The molecule has 3 rings (SSSR count). The van der Waals surface area contributed by atoms with E-state index in [4.69, 9.17) is 4.74 Å². The molecule has 0 fully saturated rings. The van der Waals surface area contributed by atoms with Gasteiger partial charge in [0.2, 0.25) is 0 Å². The number of carbonyl (C=O) groups excluding carboxylic acids is 1. The number of allylic oxidation sites excluding steroid dienone is 1. The van der Waals surface area contributed by atoms with Crippen LogP contribution < -0.4 is 10.1 Å². The van der Waals surface area contributed by atoms with Gasteiger partial charge in [0.05, 0.1) is 5.56 Å². The van der Waals surface area contributed by atoms with Crippen molar-refractivity contribution in [3.05, 3.63) is 95.6 Å². The van der Waals surface area contributed by atoms with Gasteiger partial charge in [-0.3, -0.25) is 4.79 Å². The Bertz CT molecular complexity index is 1230. The lowest BCUT2D eigenvalue weighted by molar-refractivity contribution is 0.102. The van der Waals surface area contributed by atoms with Gasteiger partial charge in [0.1, 0.15) is 17.2 Å². The monoisotopic (exact) mass is 485 g/mol. The molecule has 3 aromatic rings. The Morgan fingerprint density at radius 1 is 0.944 bits per heavy atom. The van der Waals surface area contributed by atoms with Gasteiger partial charge in [0.25, 0.3) is 5.91 Å². The van der Waals surface area contributed by atoms with Crippen LogP contribution in [0.2, 0.25) is 0 Å². The topological polar surface area (TPSA) is 58.6 Å². The zero-order chi connectivity index (χ0) is 26.5. The van der Waals surface area contributed by atoms with Crippen molar-refractivity contribution in [3.63, 3.8) is 0 Å². The number of amides is 1. The first-order valence-corrected chi connectivity index (χ1v) is 12.7. The molecule has 0 unspecified atom stereocenters. The van der Waals surface area contributed by atoms with Crippen LogP contribution in [0.25, 0.3) is 0 Å². The van der Waals surface area contributed by atoms with Crippen molar-refractivity contribution in [2.24, 2.45) is 0 Å². The van der Waals surface area contributed by atoms with Gasteiger partial charge >= 0.3 is 0 Å². The van der Waals surface area contributed by atoms with Crippen LogP contribution in [0.3, 0.4) is 0 Å². The third-order valence-electron chi connectivity index (χ3n) is 7.30. The average Bonchev–Trinajstić information content (AvgIpc) is 2.86. The van der Waals surface area contributed by atoms with E-state index in [1.54, 1.807) is 12.1 Å². The minimum Gasteiger partial charge on any atom is -0.508 e. The second-order valence-electron chi connectivity index (χ2n) is 10.6. The first-order valence-electron chi connectivity index (χ1n) is 12.7. The van der Waals surface area contributed by atoms with E-state index >= 15 is 0 Å². The van der Waals surface area contributed by atoms with Crippen LogP contribution in [0.4, 0.5) is 5.69 Å². The molecular weight excluding hydrogens is 446 g/mol. The fourth-order valence-corrected chi connectivity index (χ4v) is 3.99. The van der Waals surface area contributed by atoms with Gasteiger partial charge in [0, 0.05) is 16.8 Å². The van der Waals surface area contributed by atoms with Crippen molar-refractivity contribution in [1.82, 2.24) is 0 Å². The summed E-state index contributed by atoms with van der Waals surface area (Å²) in [5.41, 5.74) is 3.84. The molecule has 0 atom stereocenters. The summed E-state index contributed by atoms with van der Waals surface area (Å²) in [6, 6.07) is 18.8. The van der Waals surface area contributed by atoms with Gasteiger partial charge < -0.3 is 15.2 Å². The number of phenols is 1. The van der Waals surface area contributed by atoms with Crippen molar-refractivity contribution in [3.8, 4) is 17.2 Å². The number of nitrogens with one attached hydrogen (secondary N) is 1. The Morgan fingerprint density at radius 3 is 2.22 bits per heavy atom. The fraction of sp³-hybridized carbons (Fsp3) is 0.344. The average molecular weight is 486 g/mol. The van der Waals surface area contributed by atoms with E-state index < -0.39 is 0 Å². The molecule has 0 bridgehead atoms. The van der Waals surface area contributed by atoms with E-state index in [9.17, 15) is 9.90 Å². The van der Waals surface area contributed by atoms with Crippen molar-refractivity contribution in [2.45, 2.75) is 71.6 Å². The first-order chi connectivity index (χ1) is 17.0. The summed E-state index contributed by atoms with van der Waals surface area (Å²) in [4.78, 5) is 13.3. The minimum atomic E-state index is -0.350. The van der Waals surface area contributed by atoms with Gasteiger partial charge in [-0.25, -0.2) is 0 Å². The fourth-order valence-electron chi connectivity index (χ4n) is 3.99. The maximum atomic E-state index is 13.3. The number of rotatable bonds is 10. The van der Waals surface area contributed by atoms with Crippen LogP contribution >= 0.6 is 0 Å². The lowest BCUT2D eigenvalue weighted by atomic mass is 9.76. The number of hydrogen-bond donors (Lipinski definition) is 2. The SMILES string of the molecule is C=CCc1cc(Oc2ccc(C(C)(C)CC)cc2C(C)(C)CC)c(C(=O)Nc2ccccc2)cc1O. The Kier molecular flexibility index (Phi) is 8.29. The molecule has 36 heavy (non-hydrogen) atoms. The third kappa shape index (κ3) is 5.99. The summed E-state index contributed by atoms with van der Waals surface area (Å²) in [6.07, 6.45) is 4.12. The number of ether oxygens (including phenoxy) is 1. The van der Waals surface area contributed by atoms with E-state index in [1.165, 1.54) is 11.6 Å².